The zero-order valence-corrected chi connectivity index (χ0v) is 13.4. The lowest BCUT2D eigenvalue weighted by molar-refractivity contribution is -0.142. The molecule has 0 aliphatic heterocycles. The molecule has 2 N–H and O–H groups in total. The van der Waals surface area contributed by atoms with E-state index in [4.69, 9.17) is 4.74 Å². The Morgan fingerprint density at radius 3 is 2.50 bits per heavy atom. The van der Waals surface area contributed by atoms with Crippen LogP contribution in [0.5, 0.6) is 5.75 Å². The van der Waals surface area contributed by atoms with Crippen molar-refractivity contribution in [1.29, 1.82) is 0 Å². The van der Waals surface area contributed by atoms with Gasteiger partial charge in [-0.1, -0.05) is 6.07 Å². The lowest BCUT2D eigenvalue weighted by Gasteiger charge is -2.17. The molecule has 1 aromatic rings. The van der Waals surface area contributed by atoms with E-state index in [2.05, 4.69) is 5.32 Å². The number of carboxylic acids is 1. The maximum atomic E-state index is 13.9. The third kappa shape index (κ3) is 2.27. The van der Waals surface area contributed by atoms with Crippen molar-refractivity contribution in [3.8, 4) is 5.75 Å². The van der Waals surface area contributed by atoms with Crippen LogP contribution < -0.4 is 10.1 Å². The zero-order valence-electron chi connectivity index (χ0n) is 13.4. The number of nitrogens with one attached hydrogen (secondary N) is 1. The number of carbonyl (C=O) groups excluding carboxylic acids is 1. The molecule has 1 aromatic carbocycles. The maximum absolute atomic E-state index is 13.9. The van der Waals surface area contributed by atoms with Crippen LogP contribution >= 0.6 is 0 Å². The van der Waals surface area contributed by atoms with Gasteiger partial charge in [0.25, 0.3) is 0 Å². The van der Waals surface area contributed by atoms with Gasteiger partial charge in [0.1, 0.15) is 0 Å². The Labute approximate surface area is 139 Å². The van der Waals surface area contributed by atoms with E-state index in [1.165, 1.54) is 38.5 Å². The number of rotatable bonds is 5. The lowest BCUT2D eigenvalue weighted by Crippen LogP contribution is -2.36. The maximum Gasteiger partial charge on any atom is 0.330 e. The molecule has 5 nitrogen and oxygen atoms in total. The number of aliphatic carboxylic acids is 1. The van der Waals surface area contributed by atoms with E-state index in [1.54, 1.807) is 0 Å². The summed E-state index contributed by atoms with van der Waals surface area (Å²) in [5.74, 6) is 0.0963. The van der Waals surface area contributed by atoms with Gasteiger partial charge in [-0.05, 0) is 60.6 Å². The summed E-state index contributed by atoms with van der Waals surface area (Å²) in [7, 11) is 1.34. The molecule has 0 aromatic heterocycles. The van der Waals surface area contributed by atoms with Crippen LogP contribution in [0.15, 0.2) is 18.2 Å². The Morgan fingerprint density at radius 2 is 1.96 bits per heavy atom. The minimum Gasteiger partial charge on any atom is -0.494 e. The highest BCUT2D eigenvalue weighted by Gasteiger charge is 2.67. The fraction of sp³-hybridized carbons (Fsp3) is 0.556. The van der Waals surface area contributed by atoms with Crippen LogP contribution in [0.4, 0.5) is 4.39 Å². The molecule has 24 heavy (non-hydrogen) atoms. The minimum atomic E-state index is -1.24. The highest BCUT2D eigenvalue weighted by molar-refractivity contribution is 5.88. The summed E-state index contributed by atoms with van der Waals surface area (Å²) >= 11 is 0. The third-order valence-corrected chi connectivity index (χ3v) is 6.08. The molecule has 1 amide bonds. The van der Waals surface area contributed by atoms with Gasteiger partial charge in [-0.2, -0.15) is 0 Å². The van der Waals surface area contributed by atoms with Gasteiger partial charge in [0.05, 0.1) is 7.11 Å². The van der Waals surface area contributed by atoms with Gasteiger partial charge in [-0.25, -0.2) is 9.18 Å². The Bertz CT molecular complexity index is 690. The van der Waals surface area contributed by atoms with Crippen molar-refractivity contribution in [2.75, 3.05) is 7.11 Å². The van der Waals surface area contributed by atoms with Gasteiger partial charge in [0, 0.05) is 5.92 Å². The van der Waals surface area contributed by atoms with Crippen LogP contribution in [0.2, 0.25) is 0 Å². The molecule has 0 radical (unpaired) electrons. The fourth-order valence-electron chi connectivity index (χ4n) is 5.06. The number of halogens is 1. The average Bonchev–Trinajstić information content (AvgIpc) is 3.00. The molecular weight excluding hydrogens is 313 g/mol. The molecule has 0 saturated heterocycles. The second-order valence-corrected chi connectivity index (χ2v) is 7.19. The number of hydrogen-bond acceptors (Lipinski definition) is 3. The minimum absolute atomic E-state index is 0.0440. The largest absolute Gasteiger partial charge is 0.494 e. The molecule has 0 spiro atoms. The van der Waals surface area contributed by atoms with E-state index >= 15 is 0 Å². The van der Waals surface area contributed by atoms with Crippen molar-refractivity contribution in [3.05, 3.63) is 29.6 Å². The summed E-state index contributed by atoms with van der Waals surface area (Å²) in [6, 6.07) is 2.71. The summed E-state index contributed by atoms with van der Waals surface area (Å²) in [5, 5.41) is 12.1. The van der Waals surface area contributed by atoms with Crippen molar-refractivity contribution in [2.45, 2.75) is 25.3 Å². The Hall–Kier alpha value is -2.11. The predicted octanol–water partition coefficient (Wildman–Crippen LogP) is 2.37. The van der Waals surface area contributed by atoms with E-state index in [0.717, 1.165) is 6.07 Å². The number of benzene rings is 1. The van der Waals surface area contributed by atoms with E-state index in [1.807, 2.05) is 0 Å². The zero-order chi connectivity index (χ0) is 17.0. The van der Waals surface area contributed by atoms with E-state index < -0.39 is 17.8 Å². The fourth-order valence-corrected chi connectivity index (χ4v) is 5.06. The summed E-state index contributed by atoms with van der Waals surface area (Å²) in [5.41, 5.74) is 0.211. The van der Waals surface area contributed by atoms with Crippen molar-refractivity contribution >= 4 is 11.9 Å². The Morgan fingerprint density at radius 1 is 1.29 bits per heavy atom. The first-order valence-corrected chi connectivity index (χ1v) is 8.38. The quantitative estimate of drug-likeness (QED) is 0.867. The molecule has 0 heterocycles. The molecule has 6 heteroatoms. The van der Waals surface area contributed by atoms with Crippen molar-refractivity contribution < 1.29 is 23.8 Å². The summed E-state index contributed by atoms with van der Waals surface area (Å²) in [4.78, 5) is 24.1. The van der Waals surface area contributed by atoms with E-state index in [0.29, 0.717) is 23.7 Å². The van der Waals surface area contributed by atoms with Crippen LogP contribution in [-0.2, 0) is 9.59 Å². The third-order valence-electron chi connectivity index (χ3n) is 6.08. The first-order valence-electron chi connectivity index (χ1n) is 8.38. The molecule has 5 atom stereocenters. The van der Waals surface area contributed by atoms with Crippen molar-refractivity contribution in [3.63, 3.8) is 0 Å². The highest BCUT2D eigenvalue weighted by Crippen LogP contribution is 2.69. The number of fused-ring (bicyclic) bond motifs is 5. The van der Waals surface area contributed by atoms with Crippen molar-refractivity contribution in [2.24, 2.45) is 29.6 Å². The first-order chi connectivity index (χ1) is 11.5. The monoisotopic (exact) mass is 333 g/mol. The van der Waals surface area contributed by atoms with Crippen LogP contribution in [0.25, 0.3) is 0 Å². The SMILES string of the molecule is COc1ccc(C(NC(=O)C2C3C4CCC(C4)C23)C(=O)O)cc1F. The lowest BCUT2D eigenvalue weighted by atomic mass is 10.0. The van der Waals surface area contributed by atoms with Gasteiger partial charge in [-0.3, -0.25) is 4.79 Å². The summed E-state index contributed by atoms with van der Waals surface area (Å²) in [6.07, 6.45) is 3.62. The molecule has 3 saturated carbocycles. The van der Waals surface area contributed by atoms with Crippen LogP contribution in [-0.4, -0.2) is 24.1 Å². The number of carboxylic acid groups (broad SMARTS) is 1. The Balaban J connectivity index is 1.49. The predicted molar refractivity (Wildman–Crippen MR) is 82.8 cm³/mol. The number of methoxy groups -OCH3 is 1. The molecule has 128 valence electrons. The molecule has 3 fully saturated rings. The van der Waals surface area contributed by atoms with E-state index in [9.17, 15) is 19.1 Å². The standard InChI is InChI=1S/C18H20FNO4/c1-24-12-5-4-10(7-11(12)19)16(18(22)23)20-17(21)15-13-8-2-3-9(6-8)14(13)15/h4-5,7-9,13-16H,2-3,6H2,1H3,(H,20,21)(H,22,23). The smallest absolute Gasteiger partial charge is 0.330 e. The second kappa shape index (κ2) is 5.46. The first kappa shape index (κ1) is 15.4. The van der Waals surface area contributed by atoms with Gasteiger partial charge < -0.3 is 15.2 Å². The molecule has 3 aliphatic rings. The normalized spacial score (nSPS) is 33.7. The van der Waals surface area contributed by atoms with Gasteiger partial charge in [-0.15, -0.1) is 0 Å². The van der Waals surface area contributed by atoms with Gasteiger partial charge in [0.2, 0.25) is 5.91 Å². The van der Waals surface area contributed by atoms with Gasteiger partial charge in [0.15, 0.2) is 17.6 Å². The summed E-state index contributed by atoms with van der Waals surface area (Å²) in [6.45, 7) is 0. The van der Waals surface area contributed by atoms with E-state index in [-0.39, 0.29) is 23.1 Å². The molecule has 3 aliphatic carbocycles. The number of amides is 1. The van der Waals surface area contributed by atoms with Gasteiger partial charge >= 0.3 is 5.97 Å². The topological polar surface area (TPSA) is 75.6 Å². The van der Waals surface area contributed by atoms with Crippen LogP contribution in [0.3, 0.4) is 0 Å². The van der Waals surface area contributed by atoms with Crippen molar-refractivity contribution in [1.82, 2.24) is 5.32 Å². The highest BCUT2D eigenvalue weighted by atomic mass is 19.1. The van der Waals surface area contributed by atoms with Crippen LogP contribution in [0.1, 0.15) is 30.9 Å². The molecular formula is C18H20FNO4. The molecule has 4 rings (SSSR count). The molecule has 2 bridgehead atoms. The van der Waals surface area contributed by atoms with Crippen LogP contribution in [0, 0.1) is 35.4 Å². The number of hydrogen-bond donors (Lipinski definition) is 2. The second-order valence-electron chi connectivity index (χ2n) is 7.19. The number of ether oxygens (including phenoxy) is 1. The Kier molecular flexibility index (Phi) is 3.51. The molecule has 5 unspecified atom stereocenters. The summed E-state index contributed by atoms with van der Waals surface area (Å²) < 4.78 is 18.7. The average molecular weight is 333 g/mol. The number of carbonyl (C=O) groups is 2.